The zero-order chi connectivity index (χ0) is 24.3. The van der Waals surface area contributed by atoms with E-state index >= 15 is 0 Å². The largest absolute Gasteiger partial charge is 0.461 e. The number of aliphatic hydroxyl groups excluding tert-OH is 1. The monoisotopic (exact) mass is 542 g/mol. The van der Waals surface area contributed by atoms with E-state index in [0.29, 0.717) is 25.9 Å². The lowest BCUT2D eigenvalue weighted by Crippen LogP contribution is -2.57. The van der Waals surface area contributed by atoms with Crippen LogP contribution < -0.4 is 0 Å². The van der Waals surface area contributed by atoms with Crippen LogP contribution in [0, 0.1) is 11.8 Å². The molecule has 0 aliphatic carbocycles. The van der Waals surface area contributed by atoms with Gasteiger partial charge in [-0.3, -0.25) is 14.4 Å². The number of amides is 2. The Bertz CT molecular complexity index is 791. The van der Waals surface area contributed by atoms with E-state index in [0.717, 1.165) is 12.8 Å². The second kappa shape index (κ2) is 11.0. The Kier molecular flexibility index (Phi) is 8.72. The number of rotatable bonds is 12. The van der Waals surface area contributed by atoms with Crippen LogP contribution >= 0.6 is 27.7 Å². The molecule has 3 heterocycles. The topological polar surface area (TPSA) is 87.2 Å². The number of fused-ring (bicyclic) bond motifs is 1. The highest BCUT2D eigenvalue weighted by molar-refractivity contribution is 9.09. The number of aliphatic hydroxyl groups is 1. The third-order valence-electron chi connectivity index (χ3n) is 7.09. The predicted molar refractivity (Wildman–Crippen MR) is 133 cm³/mol. The number of nitrogens with zero attached hydrogens (tertiary/aromatic N) is 2. The van der Waals surface area contributed by atoms with Crippen LogP contribution in [0.4, 0.5) is 0 Å². The van der Waals surface area contributed by atoms with E-state index in [1.807, 2.05) is 6.92 Å². The summed E-state index contributed by atoms with van der Waals surface area (Å²) >= 11 is 5.31. The van der Waals surface area contributed by atoms with Gasteiger partial charge in [0.25, 0.3) is 0 Å². The lowest BCUT2D eigenvalue weighted by atomic mass is 9.71. The summed E-state index contributed by atoms with van der Waals surface area (Å²) in [6.07, 6.45) is 6.12. The van der Waals surface area contributed by atoms with Crippen LogP contribution in [0.1, 0.15) is 39.5 Å². The van der Waals surface area contributed by atoms with Gasteiger partial charge in [0.15, 0.2) is 0 Å². The zero-order valence-corrected chi connectivity index (χ0v) is 21.9. The maximum Gasteiger partial charge on any atom is 0.311 e. The fraction of sp³-hybridized carbons (Fsp3) is 0.708. The van der Waals surface area contributed by atoms with Gasteiger partial charge < -0.3 is 19.6 Å². The number of carbonyl (C=O) groups excluding carboxylic acids is 3. The average Bonchev–Trinajstić information content (AvgIpc) is 3.39. The molecule has 0 aromatic rings. The Hall–Kier alpha value is -1.32. The Morgan fingerprint density at radius 2 is 2.12 bits per heavy atom. The molecule has 3 unspecified atom stereocenters. The Morgan fingerprint density at radius 1 is 1.39 bits per heavy atom. The van der Waals surface area contributed by atoms with E-state index in [-0.39, 0.29) is 35.1 Å². The Balaban J connectivity index is 2.07. The molecule has 3 rings (SSSR count). The SMILES string of the molecule is C=CCOC(=O)[C@H]1[C@@H]2SC3(CC2Br)C(C(=O)N(CC=C)CCCC)N([C@@H](CC)CO)C(=O)[C@H]13. The Morgan fingerprint density at radius 3 is 2.70 bits per heavy atom. The first kappa shape index (κ1) is 26.3. The fourth-order valence-electron chi connectivity index (χ4n) is 5.63. The zero-order valence-electron chi connectivity index (χ0n) is 19.5. The van der Waals surface area contributed by atoms with Crippen molar-refractivity contribution in [1.82, 2.24) is 9.80 Å². The molecule has 1 N–H and O–H groups in total. The van der Waals surface area contributed by atoms with Crippen LogP contribution in [0.15, 0.2) is 25.3 Å². The molecule has 3 aliphatic heterocycles. The quantitative estimate of drug-likeness (QED) is 0.232. The minimum Gasteiger partial charge on any atom is -0.461 e. The van der Waals surface area contributed by atoms with Crippen LogP contribution in [0.5, 0.6) is 0 Å². The highest BCUT2D eigenvalue weighted by Gasteiger charge is 2.76. The lowest BCUT2D eigenvalue weighted by molar-refractivity contribution is -0.153. The highest BCUT2D eigenvalue weighted by atomic mass is 79.9. The first-order valence-corrected chi connectivity index (χ1v) is 13.5. The van der Waals surface area contributed by atoms with Crippen LogP contribution in [0.2, 0.25) is 0 Å². The van der Waals surface area contributed by atoms with Crippen molar-refractivity contribution in [3.05, 3.63) is 25.3 Å². The highest BCUT2D eigenvalue weighted by Crippen LogP contribution is 2.68. The molecule has 0 aromatic heterocycles. The number of esters is 1. The van der Waals surface area contributed by atoms with Gasteiger partial charge in [-0.2, -0.15) is 0 Å². The number of unbranched alkanes of at least 4 members (excludes halogenated alkanes) is 1. The molecule has 2 bridgehead atoms. The van der Waals surface area contributed by atoms with Crippen LogP contribution in [-0.2, 0) is 19.1 Å². The first-order valence-electron chi connectivity index (χ1n) is 11.7. The maximum atomic E-state index is 14.1. The summed E-state index contributed by atoms with van der Waals surface area (Å²) in [4.78, 5) is 44.4. The summed E-state index contributed by atoms with van der Waals surface area (Å²) in [6.45, 7) is 12.2. The number of hydrogen-bond donors (Lipinski definition) is 1. The van der Waals surface area contributed by atoms with Crippen molar-refractivity contribution >= 4 is 45.5 Å². The van der Waals surface area contributed by atoms with E-state index in [2.05, 4.69) is 36.0 Å². The lowest BCUT2D eigenvalue weighted by Gasteiger charge is -2.39. The molecule has 1 spiro atoms. The minimum absolute atomic E-state index is 0.0132. The van der Waals surface area contributed by atoms with Crippen molar-refractivity contribution in [1.29, 1.82) is 0 Å². The van der Waals surface area contributed by atoms with Gasteiger partial charge >= 0.3 is 5.97 Å². The van der Waals surface area contributed by atoms with Crippen molar-refractivity contribution < 1.29 is 24.2 Å². The maximum absolute atomic E-state index is 14.1. The fourth-order valence-corrected chi connectivity index (χ4v) is 9.21. The number of halogens is 1. The van der Waals surface area contributed by atoms with E-state index in [9.17, 15) is 19.5 Å². The summed E-state index contributed by atoms with van der Waals surface area (Å²) in [5.41, 5.74) is 0. The summed E-state index contributed by atoms with van der Waals surface area (Å²) in [5, 5.41) is 9.96. The van der Waals surface area contributed by atoms with Crippen molar-refractivity contribution in [2.24, 2.45) is 11.8 Å². The number of carbonyl (C=O) groups is 3. The van der Waals surface area contributed by atoms with Crippen LogP contribution in [-0.4, -0.2) is 85.9 Å². The number of thioether (sulfide) groups is 1. The summed E-state index contributed by atoms with van der Waals surface area (Å²) in [5.74, 6) is -2.06. The van der Waals surface area contributed by atoms with E-state index in [1.54, 1.807) is 27.6 Å². The van der Waals surface area contributed by atoms with Crippen LogP contribution in [0.25, 0.3) is 0 Å². The van der Waals surface area contributed by atoms with E-state index < -0.39 is 34.6 Å². The number of ether oxygens (including phenoxy) is 1. The van der Waals surface area contributed by atoms with Gasteiger partial charge in [0, 0.05) is 23.2 Å². The molecule has 2 amide bonds. The molecule has 3 fully saturated rings. The second-order valence-corrected chi connectivity index (χ2v) is 11.7. The molecule has 184 valence electrons. The second-order valence-electron chi connectivity index (χ2n) is 9.00. The summed E-state index contributed by atoms with van der Waals surface area (Å²) in [6, 6.07) is -1.22. The average molecular weight is 544 g/mol. The van der Waals surface area contributed by atoms with E-state index in [1.165, 1.54) is 6.08 Å². The molecule has 33 heavy (non-hydrogen) atoms. The van der Waals surface area contributed by atoms with Gasteiger partial charge in [0.05, 0.1) is 29.2 Å². The van der Waals surface area contributed by atoms with Gasteiger partial charge in [0.2, 0.25) is 11.8 Å². The van der Waals surface area contributed by atoms with Gasteiger partial charge in [-0.25, -0.2) is 0 Å². The molecular weight excluding hydrogens is 508 g/mol. The molecule has 0 aromatic carbocycles. The third-order valence-corrected chi connectivity index (χ3v) is 10.3. The summed E-state index contributed by atoms with van der Waals surface area (Å²) in [7, 11) is 0. The number of alkyl halides is 1. The van der Waals surface area contributed by atoms with Crippen molar-refractivity contribution in [3.8, 4) is 0 Å². The van der Waals surface area contributed by atoms with Crippen molar-refractivity contribution in [2.75, 3.05) is 26.3 Å². The van der Waals surface area contributed by atoms with Gasteiger partial charge in [-0.15, -0.1) is 18.3 Å². The van der Waals surface area contributed by atoms with Gasteiger partial charge in [0.1, 0.15) is 12.6 Å². The number of likely N-dealkylation sites (tertiary alicyclic amines) is 1. The minimum atomic E-state index is -0.740. The Labute approximate surface area is 209 Å². The molecule has 3 saturated heterocycles. The van der Waals surface area contributed by atoms with Crippen molar-refractivity contribution in [2.45, 2.75) is 66.4 Å². The molecule has 3 aliphatic rings. The van der Waals surface area contributed by atoms with E-state index in [4.69, 9.17) is 4.74 Å². The van der Waals surface area contributed by atoms with Crippen molar-refractivity contribution in [3.63, 3.8) is 0 Å². The molecule has 7 atom stereocenters. The van der Waals surface area contributed by atoms with Gasteiger partial charge in [-0.05, 0) is 19.3 Å². The smallest absolute Gasteiger partial charge is 0.311 e. The number of hydrogen-bond acceptors (Lipinski definition) is 6. The molecule has 0 radical (unpaired) electrons. The molecule has 0 saturated carbocycles. The standard InChI is InChI=1S/C24H35BrN2O5S/c1-5-9-11-26(10-6-2)22(30)20-24-13-16(25)19(33-24)17(23(31)32-12-7-3)18(24)21(29)27(20)15(8-4)14-28/h6-7,15-20,28H,2-3,5,8-14H2,1,4H3/t15-,16?,17+,18-,19+,20?,24?/m0/s1. The summed E-state index contributed by atoms with van der Waals surface area (Å²) < 4.78 is 4.66. The molecule has 9 heteroatoms. The third kappa shape index (κ3) is 4.41. The first-order chi connectivity index (χ1) is 15.8. The normalized spacial score (nSPS) is 33.0. The molecular formula is C24H35BrN2O5S. The predicted octanol–water partition coefficient (Wildman–Crippen LogP) is 2.77. The van der Waals surface area contributed by atoms with Crippen LogP contribution in [0.3, 0.4) is 0 Å². The van der Waals surface area contributed by atoms with Gasteiger partial charge in [-0.1, -0.05) is 54.9 Å². The molecule has 7 nitrogen and oxygen atoms in total.